The maximum atomic E-state index is 10.9. The summed E-state index contributed by atoms with van der Waals surface area (Å²) in [5, 5.41) is 0.839. The third kappa shape index (κ3) is 2.64. The van der Waals surface area contributed by atoms with Gasteiger partial charge in [0.1, 0.15) is 17.8 Å². The van der Waals surface area contributed by atoms with E-state index in [-0.39, 0.29) is 5.28 Å². The van der Waals surface area contributed by atoms with E-state index in [0.717, 1.165) is 21.8 Å². The zero-order chi connectivity index (χ0) is 15.0. The van der Waals surface area contributed by atoms with E-state index in [9.17, 15) is 4.79 Å². The van der Waals surface area contributed by atoms with Gasteiger partial charge in [0.15, 0.2) is 0 Å². The van der Waals surface area contributed by atoms with Crippen LogP contribution in [0.25, 0.3) is 11.0 Å². The van der Waals surface area contributed by atoms with Crippen molar-refractivity contribution in [2.24, 2.45) is 0 Å². The molecule has 3 rings (SSSR count). The molecule has 0 atom stereocenters. The van der Waals surface area contributed by atoms with Crippen molar-refractivity contribution in [1.82, 2.24) is 14.5 Å². The number of halogens is 2. The van der Waals surface area contributed by atoms with Crippen LogP contribution >= 0.6 is 27.5 Å². The number of aromatic nitrogens is 3. The lowest BCUT2D eigenvalue weighted by atomic mass is 10.1. The fraction of sp³-hybridized carbons (Fsp3) is 0.0714. The summed E-state index contributed by atoms with van der Waals surface area (Å²) in [6, 6.07) is 9.23. The number of hydrogen-bond acceptors (Lipinski definition) is 4. The molecule has 5 nitrogen and oxygen atoms in total. The molecular formula is C14H10BrClN4O. The molecule has 0 radical (unpaired) electrons. The van der Waals surface area contributed by atoms with Crippen LogP contribution in [0.3, 0.4) is 0 Å². The van der Waals surface area contributed by atoms with Gasteiger partial charge in [-0.25, -0.2) is 4.98 Å². The Kier molecular flexibility index (Phi) is 3.65. The number of hydrogen-bond donors (Lipinski definition) is 1. The van der Waals surface area contributed by atoms with Gasteiger partial charge in [0, 0.05) is 5.56 Å². The maximum absolute atomic E-state index is 10.9. The summed E-state index contributed by atoms with van der Waals surface area (Å²) in [5.74, 6) is 0.339. The molecule has 106 valence electrons. The number of nitrogens with two attached hydrogens (primary N) is 1. The van der Waals surface area contributed by atoms with Crippen molar-refractivity contribution in [3.8, 4) is 0 Å². The number of nitrogen functional groups attached to an aromatic ring is 1. The van der Waals surface area contributed by atoms with E-state index >= 15 is 0 Å². The van der Waals surface area contributed by atoms with Crippen LogP contribution in [0.5, 0.6) is 0 Å². The Morgan fingerprint density at radius 3 is 2.90 bits per heavy atom. The predicted octanol–water partition coefficient (Wildman–Crippen LogP) is 3.29. The molecule has 0 aliphatic carbocycles. The van der Waals surface area contributed by atoms with Gasteiger partial charge in [-0.3, -0.25) is 4.79 Å². The van der Waals surface area contributed by atoms with E-state index in [1.165, 1.54) is 0 Å². The van der Waals surface area contributed by atoms with Crippen LogP contribution in [0.15, 0.2) is 34.9 Å². The topological polar surface area (TPSA) is 73.8 Å². The zero-order valence-electron chi connectivity index (χ0n) is 10.8. The van der Waals surface area contributed by atoms with Crippen LogP contribution in [0.2, 0.25) is 5.28 Å². The molecular weight excluding hydrogens is 356 g/mol. The van der Waals surface area contributed by atoms with Crippen molar-refractivity contribution in [3.05, 3.63) is 51.3 Å². The molecule has 2 heterocycles. The number of fused-ring (bicyclic) bond motifs is 1. The number of benzene rings is 1. The second-order valence-corrected chi connectivity index (χ2v) is 5.68. The highest BCUT2D eigenvalue weighted by molar-refractivity contribution is 9.10. The van der Waals surface area contributed by atoms with Gasteiger partial charge in [0.25, 0.3) is 0 Å². The summed E-state index contributed by atoms with van der Waals surface area (Å²) < 4.78 is 2.74. The van der Waals surface area contributed by atoms with Gasteiger partial charge in [0.05, 0.1) is 16.5 Å². The maximum Gasteiger partial charge on any atom is 0.226 e. The third-order valence-corrected chi connectivity index (χ3v) is 3.96. The normalized spacial score (nSPS) is 11.0. The van der Waals surface area contributed by atoms with Crippen molar-refractivity contribution >= 4 is 50.7 Å². The van der Waals surface area contributed by atoms with Crippen molar-refractivity contribution < 1.29 is 4.79 Å². The Hall–Kier alpha value is -1.92. The molecule has 7 heteroatoms. The number of rotatable bonds is 3. The minimum absolute atomic E-state index is 0.105. The highest BCUT2D eigenvalue weighted by Gasteiger charge is 2.13. The van der Waals surface area contributed by atoms with Crippen LogP contribution < -0.4 is 5.73 Å². The minimum Gasteiger partial charge on any atom is -0.383 e. The molecule has 0 fully saturated rings. The molecule has 0 unspecified atom stereocenters. The Morgan fingerprint density at radius 2 is 2.14 bits per heavy atom. The lowest BCUT2D eigenvalue weighted by molar-refractivity contribution is 0.112. The molecule has 0 spiro atoms. The Balaban J connectivity index is 2.11. The van der Waals surface area contributed by atoms with Gasteiger partial charge in [-0.15, -0.1) is 0 Å². The first kappa shape index (κ1) is 14.0. The van der Waals surface area contributed by atoms with Crippen LogP contribution in [-0.2, 0) is 6.54 Å². The summed E-state index contributed by atoms with van der Waals surface area (Å²) in [6.45, 7) is 0.540. The summed E-state index contributed by atoms with van der Waals surface area (Å²) in [7, 11) is 0. The average molecular weight is 366 g/mol. The monoisotopic (exact) mass is 364 g/mol. The lowest BCUT2D eigenvalue weighted by Gasteiger charge is -2.08. The lowest BCUT2D eigenvalue weighted by Crippen LogP contribution is -2.03. The van der Waals surface area contributed by atoms with E-state index in [2.05, 4.69) is 25.9 Å². The summed E-state index contributed by atoms with van der Waals surface area (Å²) in [6.07, 6.45) is 0.823. The van der Waals surface area contributed by atoms with Crippen LogP contribution in [0, 0.1) is 0 Å². The number of aldehydes is 1. The van der Waals surface area contributed by atoms with Gasteiger partial charge in [0.2, 0.25) is 5.28 Å². The first-order valence-corrected chi connectivity index (χ1v) is 7.27. The van der Waals surface area contributed by atoms with Crippen molar-refractivity contribution in [2.45, 2.75) is 6.54 Å². The van der Waals surface area contributed by atoms with E-state index in [0.29, 0.717) is 23.6 Å². The summed E-state index contributed by atoms with van der Waals surface area (Å²) in [5.41, 5.74) is 8.12. The SMILES string of the molecule is Nc1nc(Cl)nc2c1cc(Br)n2Cc1cccc(C=O)c1. The molecule has 0 saturated heterocycles. The van der Waals surface area contributed by atoms with E-state index in [1.54, 1.807) is 6.07 Å². The smallest absolute Gasteiger partial charge is 0.226 e. The van der Waals surface area contributed by atoms with E-state index in [1.807, 2.05) is 28.8 Å². The molecule has 21 heavy (non-hydrogen) atoms. The number of carbonyl (C=O) groups excluding carboxylic acids is 1. The van der Waals surface area contributed by atoms with Crippen molar-refractivity contribution in [1.29, 1.82) is 0 Å². The molecule has 2 aromatic heterocycles. The van der Waals surface area contributed by atoms with Gasteiger partial charge in [-0.1, -0.05) is 18.2 Å². The van der Waals surface area contributed by atoms with Crippen LogP contribution in [0.4, 0.5) is 5.82 Å². The fourth-order valence-electron chi connectivity index (χ4n) is 2.19. The quantitative estimate of drug-likeness (QED) is 0.571. The average Bonchev–Trinajstić information content (AvgIpc) is 2.77. The second kappa shape index (κ2) is 5.46. The van der Waals surface area contributed by atoms with Crippen LogP contribution in [-0.4, -0.2) is 20.8 Å². The van der Waals surface area contributed by atoms with Gasteiger partial charge in [-0.2, -0.15) is 4.98 Å². The first-order chi connectivity index (χ1) is 10.1. The van der Waals surface area contributed by atoms with Crippen molar-refractivity contribution in [3.63, 3.8) is 0 Å². The zero-order valence-corrected chi connectivity index (χ0v) is 13.1. The highest BCUT2D eigenvalue weighted by atomic mass is 79.9. The number of carbonyl (C=O) groups is 1. The summed E-state index contributed by atoms with van der Waals surface area (Å²) >= 11 is 9.37. The molecule has 0 amide bonds. The standard InChI is InChI=1S/C14H10BrClN4O/c15-11-5-10-12(17)18-14(16)19-13(10)20(11)6-8-2-1-3-9(4-8)7-21/h1-5,7H,6H2,(H2,17,18,19). The fourth-order valence-corrected chi connectivity index (χ4v) is 2.88. The Labute approximate surface area is 133 Å². The largest absolute Gasteiger partial charge is 0.383 e. The van der Waals surface area contributed by atoms with Gasteiger partial charge < -0.3 is 10.3 Å². The predicted molar refractivity (Wildman–Crippen MR) is 85.6 cm³/mol. The molecule has 3 aromatic rings. The molecule has 0 aliphatic rings. The molecule has 0 bridgehead atoms. The summed E-state index contributed by atoms with van der Waals surface area (Å²) in [4.78, 5) is 19.0. The third-order valence-electron chi connectivity index (χ3n) is 3.13. The molecule has 2 N–H and O–H groups in total. The van der Waals surface area contributed by atoms with Gasteiger partial charge >= 0.3 is 0 Å². The van der Waals surface area contributed by atoms with Crippen LogP contribution in [0.1, 0.15) is 15.9 Å². The van der Waals surface area contributed by atoms with E-state index in [4.69, 9.17) is 17.3 Å². The Bertz CT molecular complexity index is 846. The Morgan fingerprint density at radius 1 is 1.33 bits per heavy atom. The van der Waals surface area contributed by atoms with Crippen molar-refractivity contribution in [2.75, 3.05) is 5.73 Å². The molecule has 0 aliphatic heterocycles. The first-order valence-electron chi connectivity index (χ1n) is 6.10. The van der Waals surface area contributed by atoms with Gasteiger partial charge in [-0.05, 0) is 45.2 Å². The highest BCUT2D eigenvalue weighted by Crippen LogP contribution is 2.28. The van der Waals surface area contributed by atoms with E-state index < -0.39 is 0 Å². The molecule has 0 saturated carbocycles. The minimum atomic E-state index is 0.105. The number of nitrogens with zero attached hydrogens (tertiary/aromatic N) is 3. The molecule has 1 aromatic carbocycles. The number of anilines is 1. The second-order valence-electron chi connectivity index (χ2n) is 4.53.